The van der Waals surface area contributed by atoms with Crippen LogP contribution in [0.4, 0.5) is 0 Å². The summed E-state index contributed by atoms with van der Waals surface area (Å²) in [5.74, 6) is -3.72. The molecule has 9 atom stereocenters. The van der Waals surface area contributed by atoms with Crippen LogP contribution in [0.2, 0.25) is 0 Å². The van der Waals surface area contributed by atoms with Gasteiger partial charge < -0.3 is 15.3 Å². The number of aliphatic hydroxyl groups is 3. The van der Waals surface area contributed by atoms with Crippen LogP contribution in [-0.2, 0) is 29.0 Å². The molecule has 0 heterocycles. The van der Waals surface area contributed by atoms with E-state index in [-0.39, 0.29) is 49.2 Å². The molecule has 2 unspecified atom stereocenters. The molecule has 3 saturated carbocycles. The van der Waals surface area contributed by atoms with E-state index in [0.717, 1.165) is 5.57 Å². The van der Waals surface area contributed by atoms with Crippen molar-refractivity contribution in [2.45, 2.75) is 90.8 Å². The second kappa shape index (κ2) is 9.89. The third-order valence-corrected chi connectivity index (χ3v) is 10.5. The fourth-order valence-electron chi connectivity index (χ4n) is 8.66. The van der Waals surface area contributed by atoms with E-state index in [4.69, 9.17) is 4.89 Å². The largest absolute Gasteiger partial charge is 0.393 e. The highest BCUT2D eigenvalue weighted by Gasteiger charge is 2.69. The molecule has 37 heavy (non-hydrogen) atoms. The van der Waals surface area contributed by atoms with Crippen molar-refractivity contribution in [2.75, 3.05) is 6.61 Å². The summed E-state index contributed by atoms with van der Waals surface area (Å²) >= 11 is 0. The summed E-state index contributed by atoms with van der Waals surface area (Å²) in [6.45, 7) is 6.57. The Morgan fingerprint density at radius 1 is 1.19 bits per heavy atom. The Hall–Kier alpha value is -2.10. The van der Waals surface area contributed by atoms with Crippen molar-refractivity contribution in [3.63, 3.8) is 0 Å². The highest BCUT2D eigenvalue weighted by molar-refractivity contribution is 5.93. The maximum absolute atomic E-state index is 13.0. The fraction of sp³-hybridized carbons (Fsp3) is 0.786. The summed E-state index contributed by atoms with van der Waals surface area (Å²) < 4.78 is 0. The lowest BCUT2D eigenvalue weighted by atomic mass is 9.42. The van der Waals surface area contributed by atoms with Crippen LogP contribution in [-0.4, -0.2) is 57.1 Å². The molecule has 206 valence electrons. The topological polar surface area (TPSA) is 147 Å². The first-order valence-electron chi connectivity index (χ1n) is 13.5. The molecular weight excluding hydrogens is 480 g/mol. The van der Waals surface area contributed by atoms with Crippen LogP contribution in [0.5, 0.6) is 0 Å². The van der Waals surface area contributed by atoms with Crippen molar-refractivity contribution in [3.05, 3.63) is 11.6 Å². The normalized spacial score (nSPS) is 41.5. The molecule has 4 rings (SSSR count). The van der Waals surface area contributed by atoms with Gasteiger partial charge in [0.2, 0.25) is 0 Å². The van der Waals surface area contributed by atoms with Gasteiger partial charge in [0.1, 0.15) is 12.2 Å². The second-order valence-electron chi connectivity index (χ2n) is 12.1. The molecule has 0 aromatic carbocycles. The van der Waals surface area contributed by atoms with Gasteiger partial charge in [0, 0.05) is 18.3 Å². The maximum Gasteiger partial charge on any atom is 0.358 e. The summed E-state index contributed by atoms with van der Waals surface area (Å²) in [5.41, 5.74) is -2.38. The van der Waals surface area contributed by atoms with Gasteiger partial charge in [-0.1, -0.05) is 33.3 Å². The highest BCUT2D eigenvalue weighted by atomic mass is 17.2. The number of ketones is 2. The van der Waals surface area contributed by atoms with Crippen LogP contribution in [0.25, 0.3) is 0 Å². The predicted octanol–water partition coefficient (Wildman–Crippen LogP) is 2.45. The Morgan fingerprint density at radius 2 is 1.89 bits per heavy atom. The number of fused-ring (bicyclic) bond motifs is 5. The Balaban J connectivity index is 1.67. The van der Waals surface area contributed by atoms with E-state index in [2.05, 4.69) is 4.89 Å². The molecule has 4 aliphatic carbocycles. The van der Waals surface area contributed by atoms with Gasteiger partial charge in [0.15, 0.2) is 11.6 Å². The zero-order valence-corrected chi connectivity index (χ0v) is 22.2. The third kappa shape index (κ3) is 4.17. The number of Topliss-reactive ketones (excluding diaryl/α,β-unsaturated/α-hetero) is 1. The predicted molar refractivity (Wildman–Crippen MR) is 130 cm³/mol. The maximum atomic E-state index is 13.0. The third-order valence-electron chi connectivity index (χ3n) is 10.5. The lowest BCUT2D eigenvalue weighted by Gasteiger charge is -2.62. The van der Waals surface area contributed by atoms with Gasteiger partial charge in [-0.2, -0.15) is 0 Å². The lowest BCUT2D eigenvalue weighted by Crippen LogP contribution is -2.63. The van der Waals surface area contributed by atoms with Crippen molar-refractivity contribution in [1.82, 2.24) is 0 Å². The SMILES string of the molecule is CCCC(=O)OOC(=O)C(C)C1CC(=O)C=C2CC[C@@H]3[C@H]([C@@H](O)C[C@@]4(C)[C@H]3CC[C@]4(O)C(=O)CO)[C@]21C. The van der Waals surface area contributed by atoms with E-state index in [0.29, 0.717) is 25.7 Å². The van der Waals surface area contributed by atoms with Crippen molar-refractivity contribution in [3.8, 4) is 0 Å². The molecular formula is C28H40O9. The molecule has 3 fully saturated rings. The van der Waals surface area contributed by atoms with Gasteiger partial charge in [0.05, 0.1) is 12.0 Å². The minimum Gasteiger partial charge on any atom is -0.393 e. The molecule has 0 aromatic heterocycles. The molecule has 0 aliphatic heterocycles. The second-order valence-corrected chi connectivity index (χ2v) is 12.1. The molecule has 4 aliphatic rings. The Kier molecular flexibility index (Phi) is 7.47. The van der Waals surface area contributed by atoms with Gasteiger partial charge >= 0.3 is 11.9 Å². The van der Waals surface area contributed by atoms with E-state index >= 15 is 0 Å². The number of rotatable bonds is 6. The monoisotopic (exact) mass is 520 g/mol. The quantitative estimate of drug-likeness (QED) is 0.355. The fourth-order valence-corrected chi connectivity index (χ4v) is 8.66. The summed E-state index contributed by atoms with van der Waals surface area (Å²) in [4.78, 5) is 59.6. The Morgan fingerprint density at radius 3 is 2.54 bits per heavy atom. The molecule has 9 heteroatoms. The highest BCUT2D eigenvalue weighted by Crippen LogP contribution is 2.69. The molecule has 0 aromatic rings. The number of carbonyl (C=O) groups is 4. The first-order valence-corrected chi connectivity index (χ1v) is 13.5. The molecule has 0 amide bonds. The van der Waals surface area contributed by atoms with Crippen LogP contribution in [0, 0.1) is 40.4 Å². The summed E-state index contributed by atoms with van der Waals surface area (Å²) in [6.07, 6.45) is 3.85. The Labute approximate surface area is 217 Å². The zero-order chi connectivity index (χ0) is 27.3. The standard InChI is InChI=1S/C28H40O9/c1-5-6-23(33)36-37-25(34)15(2)20-12-17(30)11-16-7-8-18-19-9-10-28(35,22(32)14-29)26(19,3)13-21(31)24(18)27(16,20)4/h11,15,18-21,24,29,31,35H,5-10,12-14H2,1-4H3/t15?,18-,19-,20?,21-,24+,26-,27+,28-/m0/s1. The number of hydrogen-bond donors (Lipinski definition) is 3. The molecule has 0 bridgehead atoms. The van der Waals surface area contributed by atoms with Crippen molar-refractivity contribution >= 4 is 23.5 Å². The van der Waals surface area contributed by atoms with E-state index in [9.17, 15) is 34.5 Å². The number of allylic oxidation sites excluding steroid dienone is 1. The number of hydrogen-bond acceptors (Lipinski definition) is 9. The first-order chi connectivity index (χ1) is 17.3. The van der Waals surface area contributed by atoms with Gasteiger partial charge in [-0.3, -0.25) is 9.59 Å². The number of carbonyl (C=O) groups excluding carboxylic acids is 4. The zero-order valence-electron chi connectivity index (χ0n) is 22.2. The minimum absolute atomic E-state index is 0.0438. The summed E-state index contributed by atoms with van der Waals surface area (Å²) in [5, 5.41) is 32.6. The van der Waals surface area contributed by atoms with Crippen molar-refractivity contribution in [2.24, 2.45) is 40.4 Å². The average molecular weight is 521 g/mol. The summed E-state index contributed by atoms with van der Waals surface area (Å²) in [6, 6.07) is 0. The van der Waals surface area contributed by atoms with Crippen LogP contribution in [0.3, 0.4) is 0 Å². The molecule has 3 N–H and O–H groups in total. The average Bonchev–Trinajstić information content (AvgIpc) is 3.12. The van der Waals surface area contributed by atoms with Gasteiger partial charge in [-0.05, 0) is 73.7 Å². The van der Waals surface area contributed by atoms with E-state index in [1.807, 2.05) is 13.8 Å². The van der Waals surface area contributed by atoms with Crippen LogP contribution >= 0.6 is 0 Å². The lowest BCUT2D eigenvalue weighted by molar-refractivity contribution is -0.264. The van der Waals surface area contributed by atoms with Crippen molar-refractivity contribution in [1.29, 1.82) is 0 Å². The first kappa shape index (κ1) is 27.9. The minimum atomic E-state index is -1.70. The van der Waals surface area contributed by atoms with Gasteiger partial charge in [0.25, 0.3) is 0 Å². The Bertz CT molecular complexity index is 1000. The van der Waals surface area contributed by atoms with Crippen LogP contribution in [0.1, 0.15) is 79.1 Å². The van der Waals surface area contributed by atoms with Crippen LogP contribution in [0.15, 0.2) is 11.6 Å². The molecule has 0 spiro atoms. The van der Waals surface area contributed by atoms with Crippen LogP contribution < -0.4 is 0 Å². The van der Waals surface area contributed by atoms with E-state index in [1.165, 1.54) is 0 Å². The van der Waals surface area contributed by atoms with E-state index < -0.39 is 58.7 Å². The molecule has 0 saturated heterocycles. The molecule has 0 radical (unpaired) electrons. The number of aliphatic hydroxyl groups excluding tert-OH is 2. The molecule has 9 nitrogen and oxygen atoms in total. The van der Waals surface area contributed by atoms with Crippen molar-refractivity contribution < 1.29 is 44.3 Å². The van der Waals surface area contributed by atoms with Gasteiger partial charge in [-0.15, -0.1) is 0 Å². The van der Waals surface area contributed by atoms with E-state index in [1.54, 1.807) is 19.9 Å². The smallest absolute Gasteiger partial charge is 0.358 e. The summed E-state index contributed by atoms with van der Waals surface area (Å²) in [7, 11) is 0. The van der Waals surface area contributed by atoms with Gasteiger partial charge in [-0.25, -0.2) is 19.4 Å².